The summed E-state index contributed by atoms with van der Waals surface area (Å²) in [5.74, 6) is 0.611. The van der Waals surface area contributed by atoms with Crippen molar-refractivity contribution < 1.29 is 0 Å². The molecule has 4 heteroatoms. The first-order valence-electron chi connectivity index (χ1n) is 40.4. The highest BCUT2D eigenvalue weighted by atomic mass is 32.1. The average molecular weight is 1540 g/mol. The van der Waals surface area contributed by atoms with Gasteiger partial charge in [0.05, 0.1) is 0 Å². The zero-order valence-corrected chi connectivity index (χ0v) is 69.8. The minimum atomic E-state index is -0.107. The molecule has 0 N–H and O–H groups in total. The molecule has 550 valence electrons. The van der Waals surface area contributed by atoms with Gasteiger partial charge < -0.3 is 0 Å². The van der Waals surface area contributed by atoms with Crippen molar-refractivity contribution in [2.75, 3.05) is 0 Å². The first kappa shape index (κ1) is 70.5. The molecular formula is C110H86S4. The standard InChI is InChI=1S/C110H86S4/c1-61(2)79-56-91-100-82(80(62(3)4)55-90-99(100)81(79)57-88-96(107(109(7,8)9)113-105(88)90)71-45-39-66(40-46-71)65-29-17-13-18-30-65)58-89-97(108(110(10,11)12)114-106(89)91)72-47-41-67(42-48-72)75-37-26-38-76(53-75)68-43-49-74(50-44-68)102-95(70-33-21-15-22-34-70)87-60-84-83(92-63(5)27-25-28-64(92)6)59-86-93-77(51-52-78(98(84)93)103(87)111-102)54-85-94(69-31-19-14-20-32-69)101(112-104(85)86)73-35-23-16-24-36-73/h13-62H,1-12H3. The zero-order valence-electron chi connectivity index (χ0n) is 66.5. The largest absolute Gasteiger partial charge is 0.138 e. The van der Waals surface area contributed by atoms with E-state index in [2.05, 4.69) is 374 Å². The number of rotatable bonds is 12. The maximum atomic E-state index is 2.62. The highest BCUT2D eigenvalue weighted by Gasteiger charge is 2.33. The molecule has 0 fully saturated rings. The molecule has 114 heavy (non-hydrogen) atoms. The summed E-state index contributed by atoms with van der Waals surface area (Å²) in [6.07, 6.45) is 0. The predicted octanol–water partition coefficient (Wildman–Crippen LogP) is 34.5. The van der Waals surface area contributed by atoms with E-state index in [1.165, 1.54) is 247 Å². The van der Waals surface area contributed by atoms with Gasteiger partial charge in [0, 0.05) is 104 Å². The Morgan fingerprint density at radius 2 is 0.561 bits per heavy atom. The molecular weight excluding hydrogens is 1450 g/mol. The molecule has 0 atom stereocenters. The lowest BCUT2D eigenvalue weighted by atomic mass is 9.81. The minimum Gasteiger partial charge on any atom is -0.138 e. The van der Waals surface area contributed by atoms with Crippen molar-refractivity contribution in [2.24, 2.45) is 0 Å². The van der Waals surface area contributed by atoms with Crippen molar-refractivity contribution in [1.29, 1.82) is 0 Å². The third-order valence-electron chi connectivity index (χ3n) is 24.5. The molecule has 0 aliphatic rings. The number of fused-ring (bicyclic) bond motifs is 8. The van der Waals surface area contributed by atoms with Crippen LogP contribution >= 0.6 is 45.3 Å². The van der Waals surface area contributed by atoms with Crippen molar-refractivity contribution in [3.8, 4) is 110 Å². The lowest BCUT2D eigenvalue weighted by Crippen LogP contribution is -2.09. The monoisotopic (exact) mass is 1530 g/mol. The minimum absolute atomic E-state index is 0.0633. The second kappa shape index (κ2) is 26.6. The van der Waals surface area contributed by atoms with Crippen LogP contribution in [0, 0.1) is 13.8 Å². The summed E-state index contributed by atoms with van der Waals surface area (Å²) in [7, 11) is 0. The van der Waals surface area contributed by atoms with Crippen molar-refractivity contribution in [3.05, 3.63) is 323 Å². The van der Waals surface area contributed by atoms with Crippen LogP contribution in [0.4, 0.5) is 0 Å². The molecule has 4 heterocycles. The number of thiophene rings is 4. The Morgan fingerprint density at radius 3 is 1.03 bits per heavy atom. The Morgan fingerprint density at radius 1 is 0.228 bits per heavy atom. The molecule has 0 nitrogen and oxygen atoms in total. The molecule has 17 aromatic carbocycles. The van der Waals surface area contributed by atoms with E-state index >= 15 is 0 Å². The molecule has 21 aromatic rings. The van der Waals surface area contributed by atoms with Crippen molar-refractivity contribution >= 4 is 150 Å². The Labute approximate surface area is 683 Å². The van der Waals surface area contributed by atoms with Gasteiger partial charge in [0.25, 0.3) is 0 Å². The molecule has 0 saturated carbocycles. The van der Waals surface area contributed by atoms with E-state index < -0.39 is 0 Å². The Bertz CT molecular complexity index is 7390. The molecule has 0 amide bonds. The van der Waals surface area contributed by atoms with E-state index in [1.54, 1.807) is 0 Å². The molecule has 0 saturated heterocycles. The first-order valence-corrected chi connectivity index (χ1v) is 43.7. The number of benzene rings is 17. The van der Waals surface area contributed by atoms with Crippen LogP contribution in [0.5, 0.6) is 0 Å². The normalized spacial score (nSPS) is 12.5. The second-order valence-electron chi connectivity index (χ2n) is 34.6. The molecule has 0 unspecified atom stereocenters. The Balaban J connectivity index is 0.669. The van der Waals surface area contributed by atoms with Crippen LogP contribution < -0.4 is 0 Å². The average Bonchev–Trinajstić information content (AvgIpc) is 1.49. The van der Waals surface area contributed by atoms with E-state index in [0.717, 1.165) is 0 Å². The van der Waals surface area contributed by atoms with Gasteiger partial charge in [-0.1, -0.05) is 312 Å². The third kappa shape index (κ3) is 11.1. The molecule has 0 aliphatic heterocycles. The predicted molar refractivity (Wildman–Crippen MR) is 505 cm³/mol. The SMILES string of the molecule is Cc1cccc(C)c1-c1cc2c3sc(-c4ccccc4)c(-c4ccccc4)c3cc3ccc4c5sc(-c6ccc(-c7cccc(-c8ccc(-c9c(C(C)(C)C)sc%10c9cc9c(C(C)C)cc%11c%12sc(C(C)(C)C)c(-c%13ccc(-c%14ccccc%14)cc%13)c%12cc%12c(C(C)C)cc%10c9c%12%11)cc8)c7)cc6)c(-c6ccccc6)c5cc1c4c32. The number of hydrogen-bond donors (Lipinski definition) is 0. The highest BCUT2D eigenvalue weighted by molar-refractivity contribution is 7.25. The fraction of sp³-hybridized carbons (Fsp3) is 0.145. The summed E-state index contributed by atoms with van der Waals surface area (Å²) in [4.78, 5) is 5.46. The molecule has 4 aromatic heterocycles. The van der Waals surface area contributed by atoms with E-state index in [-0.39, 0.29) is 10.8 Å². The van der Waals surface area contributed by atoms with Gasteiger partial charge >= 0.3 is 0 Å². The third-order valence-corrected chi connectivity index (χ3v) is 30.4. The van der Waals surface area contributed by atoms with Gasteiger partial charge in [-0.2, -0.15) is 0 Å². The van der Waals surface area contributed by atoms with Crippen LogP contribution in [0.15, 0.2) is 291 Å². The molecule has 0 aliphatic carbocycles. The molecule has 0 spiro atoms. The maximum absolute atomic E-state index is 2.62. The van der Waals surface area contributed by atoms with Crippen molar-refractivity contribution in [2.45, 2.75) is 106 Å². The van der Waals surface area contributed by atoms with Crippen LogP contribution in [0.25, 0.3) is 215 Å². The summed E-state index contributed by atoms with van der Waals surface area (Å²) >= 11 is 7.95. The lowest BCUT2D eigenvalue weighted by Gasteiger charge is -2.22. The molecule has 0 bridgehead atoms. The van der Waals surface area contributed by atoms with Crippen LogP contribution in [0.1, 0.15) is 113 Å². The van der Waals surface area contributed by atoms with Crippen molar-refractivity contribution in [1.82, 2.24) is 0 Å². The van der Waals surface area contributed by atoms with Crippen LogP contribution in [0.3, 0.4) is 0 Å². The Hall–Kier alpha value is -11.3. The van der Waals surface area contributed by atoms with Gasteiger partial charge in [-0.25, -0.2) is 0 Å². The van der Waals surface area contributed by atoms with Gasteiger partial charge in [-0.15, -0.1) is 45.3 Å². The smallest absolute Gasteiger partial charge is 0.0435 e. The maximum Gasteiger partial charge on any atom is 0.0435 e. The van der Waals surface area contributed by atoms with E-state index in [4.69, 9.17) is 0 Å². The van der Waals surface area contributed by atoms with Gasteiger partial charge in [-0.05, 0) is 228 Å². The fourth-order valence-electron chi connectivity index (χ4n) is 19.2. The van der Waals surface area contributed by atoms with Crippen LogP contribution in [0.2, 0.25) is 0 Å². The second-order valence-corrected chi connectivity index (χ2v) is 38.7. The zero-order chi connectivity index (χ0) is 77.5. The van der Waals surface area contributed by atoms with E-state index in [1.807, 2.05) is 45.3 Å². The van der Waals surface area contributed by atoms with Gasteiger partial charge in [0.15, 0.2) is 0 Å². The molecule has 0 radical (unpaired) electrons. The molecule has 21 rings (SSSR count). The van der Waals surface area contributed by atoms with Crippen LogP contribution in [-0.2, 0) is 10.8 Å². The van der Waals surface area contributed by atoms with E-state index in [0.29, 0.717) is 11.8 Å². The highest BCUT2D eigenvalue weighted by Crippen LogP contribution is 2.59. The lowest BCUT2D eigenvalue weighted by molar-refractivity contribution is 0.605. The van der Waals surface area contributed by atoms with Gasteiger partial charge in [0.2, 0.25) is 0 Å². The number of hydrogen-bond acceptors (Lipinski definition) is 4. The fourth-order valence-corrected chi connectivity index (χ4v) is 24.6. The number of aryl methyl sites for hydroxylation is 2. The van der Waals surface area contributed by atoms with Gasteiger partial charge in [-0.3, -0.25) is 0 Å². The van der Waals surface area contributed by atoms with Crippen molar-refractivity contribution in [3.63, 3.8) is 0 Å². The van der Waals surface area contributed by atoms with Gasteiger partial charge in [0.1, 0.15) is 0 Å². The van der Waals surface area contributed by atoms with Crippen LogP contribution in [-0.4, -0.2) is 0 Å². The summed E-state index contributed by atoms with van der Waals surface area (Å²) in [6.45, 7) is 28.6. The summed E-state index contributed by atoms with van der Waals surface area (Å²) in [5, 5.41) is 21.6. The van der Waals surface area contributed by atoms with E-state index in [9.17, 15) is 0 Å². The topological polar surface area (TPSA) is 0 Å². The first-order chi connectivity index (χ1) is 55.3. The summed E-state index contributed by atoms with van der Waals surface area (Å²) in [5.41, 5.74) is 28.0. The quantitative estimate of drug-likeness (QED) is 0.107. The summed E-state index contributed by atoms with van der Waals surface area (Å²) in [6, 6.07) is 111. The Kier molecular flexibility index (Phi) is 16.5. The summed E-state index contributed by atoms with van der Waals surface area (Å²) < 4.78 is 5.45.